The number of hydrogen-bond donors (Lipinski definition) is 2. The van der Waals surface area contributed by atoms with Crippen molar-refractivity contribution in [1.29, 1.82) is 0 Å². The third-order valence-corrected chi connectivity index (χ3v) is 3.90. The highest BCUT2D eigenvalue weighted by Crippen LogP contribution is 2.20. The Morgan fingerprint density at radius 2 is 1.95 bits per heavy atom. The minimum Gasteiger partial charge on any atom is -0.394 e. The fourth-order valence-electron chi connectivity index (χ4n) is 1.77. The van der Waals surface area contributed by atoms with E-state index in [1.165, 1.54) is 0 Å². The van der Waals surface area contributed by atoms with E-state index < -0.39 is 0 Å². The maximum absolute atomic E-state index is 9.47. The molecule has 1 heterocycles. The van der Waals surface area contributed by atoms with E-state index in [1.54, 1.807) is 6.20 Å². The zero-order valence-corrected chi connectivity index (χ0v) is 13.4. The number of aliphatic hydroxyl groups is 1. The van der Waals surface area contributed by atoms with Crippen molar-refractivity contribution in [3.05, 3.63) is 62.8 Å². The SMILES string of the molecule is OC[C@@H](NCc1ncc(Br)cc1Br)c1ccccc1. The Bertz CT molecular complexity index is 534. The summed E-state index contributed by atoms with van der Waals surface area (Å²) < 4.78 is 1.88. The number of nitrogens with one attached hydrogen (secondary N) is 1. The largest absolute Gasteiger partial charge is 0.394 e. The Kier molecular flexibility index (Phi) is 5.51. The number of pyridine rings is 1. The van der Waals surface area contributed by atoms with Crippen LogP contribution in [0.1, 0.15) is 17.3 Å². The molecule has 0 aliphatic heterocycles. The second-order valence-electron chi connectivity index (χ2n) is 4.11. The average molecular weight is 386 g/mol. The van der Waals surface area contributed by atoms with Crippen LogP contribution in [0.15, 0.2) is 51.5 Å². The zero-order valence-electron chi connectivity index (χ0n) is 10.2. The van der Waals surface area contributed by atoms with E-state index in [0.717, 1.165) is 20.2 Å². The molecule has 1 aromatic heterocycles. The first-order chi connectivity index (χ1) is 9.20. The van der Waals surface area contributed by atoms with Crippen molar-refractivity contribution in [2.24, 2.45) is 0 Å². The van der Waals surface area contributed by atoms with Crippen LogP contribution in [0.3, 0.4) is 0 Å². The molecule has 19 heavy (non-hydrogen) atoms. The summed E-state index contributed by atoms with van der Waals surface area (Å²) in [5.41, 5.74) is 1.98. The second-order valence-corrected chi connectivity index (χ2v) is 5.88. The van der Waals surface area contributed by atoms with E-state index in [9.17, 15) is 5.11 Å². The minimum absolute atomic E-state index is 0.0537. The minimum atomic E-state index is -0.0847. The lowest BCUT2D eigenvalue weighted by Gasteiger charge is -2.16. The Morgan fingerprint density at radius 1 is 1.21 bits per heavy atom. The molecule has 0 saturated heterocycles. The summed E-state index contributed by atoms with van der Waals surface area (Å²) >= 11 is 6.85. The molecule has 2 aromatic rings. The Hall–Kier alpha value is -0.750. The molecule has 2 rings (SSSR count). The molecule has 0 radical (unpaired) electrons. The van der Waals surface area contributed by atoms with E-state index >= 15 is 0 Å². The molecule has 0 unspecified atom stereocenters. The molecular weight excluding hydrogens is 372 g/mol. The van der Waals surface area contributed by atoms with Crippen molar-refractivity contribution in [2.75, 3.05) is 6.61 Å². The smallest absolute Gasteiger partial charge is 0.0684 e. The van der Waals surface area contributed by atoms with Gasteiger partial charge in [-0.25, -0.2) is 0 Å². The highest BCUT2D eigenvalue weighted by molar-refractivity contribution is 9.11. The molecule has 0 aliphatic carbocycles. The van der Waals surface area contributed by atoms with E-state index in [0.29, 0.717) is 6.54 Å². The van der Waals surface area contributed by atoms with Crippen LogP contribution < -0.4 is 5.32 Å². The fraction of sp³-hybridized carbons (Fsp3) is 0.214. The molecule has 100 valence electrons. The van der Waals surface area contributed by atoms with Crippen molar-refractivity contribution in [3.63, 3.8) is 0 Å². The van der Waals surface area contributed by atoms with Crippen molar-refractivity contribution < 1.29 is 5.11 Å². The Morgan fingerprint density at radius 3 is 2.58 bits per heavy atom. The Labute approximate surface area is 129 Å². The Balaban J connectivity index is 2.04. The normalized spacial score (nSPS) is 12.4. The van der Waals surface area contributed by atoms with E-state index in [1.807, 2.05) is 36.4 Å². The maximum Gasteiger partial charge on any atom is 0.0684 e. The van der Waals surface area contributed by atoms with Crippen LogP contribution in [-0.2, 0) is 6.54 Å². The van der Waals surface area contributed by atoms with Gasteiger partial charge in [0.25, 0.3) is 0 Å². The van der Waals surface area contributed by atoms with Gasteiger partial charge in [-0.1, -0.05) is 30.3 Å². The van der Waals surface area contributed by atoms with Crippen molar-refractivity contribution in [1.82, 2.24) is 10.3 Å². The van der Waals surface area contributed by atoms with E-state index in [4.69, 9.17) is 0 Å². The lowest BCUT2D eigenvalue weighted by atomic mass is 10.1. The van der Waals surface area contributed by atoms with Crippen molar-refractivity contribution in [3.8, 4) is 0 Å². The van der Waals surface area contributed by atoms with Gasteiger partial charge < -0.3 is 10.4 Å². The molecule has 5 heteroatoms. The van der Waals surface area contributed by atoms with Gasteiger partial charge in [0.15, 0.2) is 0 Å². The van der Waals surface area contributed by atoms with E-state index in [-0.39, 0.29) is 12.6 Å². The molecule has 0 amide bonds. The molecule has 0 spiro atoms. The zero-order chi connectivity index (χ0) is 13.7. The van der Waals surface area contributed by atoms with Gasteiger partial charge >= 0.3 is 0 Å². The summed E-state index contributed by atoms with van der Waals surface area (Å²) in [5, 5.41) is 12.8. The van der Waals surface area contributed by atoms with Gasteiger partial charge in [-0.05, 0) is 43.5 Å². The molecule has 0 saturated carbocycles. The van der Waals surface area contributed by atoms with Crippen molar-refractivity contribution >= 4 is 31.9 Å². The third kappa shape index (κ3) is 4.11. The first kappa shape index (κ1) is 14.7. The first-order valence-electron chi connectivity index (χ1n) is 5.90. The standard InChI is InChI=1S/C14H14Br2N2O/c15-11-6-12(16)13(17-7-11)8-18-14(9-19)10-4-2-1-3-5-10/h1-7,14,18-19H,8-9H2/t14-/m1/s1. The van der Waals surface area contributed by atoms with Gasteiger partial charge in [-0.15, -0.1) is 0 Å². The summed E-state index contributed by atoms with van der Waals surface area (Å²) in [5.74, 6) is 0. The van der Waals surface area contributed by atoms with E-state index in [2.05, 4.69) is 42.2 Å². The van der Waals surface area contributed by atoms with Crippen LogP contribution in [0.4, 0.5) is 0 Å². The summed E-state index contributed by atoms with van der Waals surface area (Å²) in [7, 11) is 0. The monoisotopic (exact) mass is 384 g/mol. The van der Waals surface area contributed by atoms with Gasteiger partial charge in [0, 0.05) is 21.7 Å². The predicted molar refractivity (Wildman–Crippen MR) is 82.7 cm³/mol. The first-order valence-corrected chi connectivity index (χ1v) is 7.48. The molecule has 0 aliphatic rings. The molecule has 0 bridgehead atoms. The predicted octanol–water partition coefficient (Wildman–Crippen LogP) is 3.43. The number of benzene rings is 1. The van der Waals surface area contributed by atoms with Crippen LogP contribution in [0, 0.1) is 0 Å². The molecular formula is C14H14Br2N2O. The number of halogens is 2. The van der Waals surface area contributed by atoms with Crippen LogP contribution in [0.5, 0.6) is 0 Å². The van der Waals surface area contributed by atoms with Gasteiger partial charge in [-0.2, -0.15) is 0 Å². The van der Waals surface area contributed by atoms with Crippen LogP contribution in [0.2, 0.25) is 0 Å². The number of rotatable bonds is 5. The highest BCUT2D eigenvalue weighted by atomic mass is 79.9. The molecule has 1 aromatic carbocycles. The summed E-state index contributed by atoms with van der Waals surface area (Å²) in [6.07, 6.45) is 1.76. The van der Waals surface area contributed by atoms with Crippen LogP contribution in [-0.4, -0.2) is 16.7 Å². The van der Waals surface area contributed by atoms with Crippen LogP contribution >= 0.6 is 31.9 Å². The quantitative estimate of drug-likeness (QED) is 0.828. The molecule has 2 N–H and O–H groups in total. The number of aromatic nitrogens is 1. The summed E-state index contributed by atoms with van der Waals surface area (Å²) in [4.78, 5) is 4.34. The van der Waals surface area contributed by atoms with Gasteiger partial charge in [0.2, 0.25) is 0 Å². The number of nitrogens with zero attached hydrogens (tertiary/aromatic N) is 1. The highest BCUT2D eigenvalue weighted by Gasteiger charge is 2.10. The maximum atomic E-state index is 9.47. The van der Waals surface area contributed by atoms with Gasteiger partial charge in [0.1, 0.15) is 0 Å². The summed E-state index contributed by atoms with van der Waals surface area (Å²) in [6, 6.07) is 11.8. The topological polar surface area (TPSA) is 45.1 Å². The number of hydrogen-bond acceptors (Lipinski definition) is 3. The lowest BCUT2D eigenvalue weighted by molar-refractivity contribution is 0.243. The molecule has 3 nitrogen and oxygen atoms in total. The fourth-order valence-corrected chi connectivity index (χ4v) is 2.89. The van der Waals surface area contributed by atoms with Crippen molar-refractivity contribution in [2.45, 2.75) is 12.6 Å². The molecule has 0 fully saturated rings. The lowest BCUT2D eigenvalue weighted by Crippen LogP contribution is -2.24. The molecule has 1 atom stereocenters. The average Bonchev–Trinajstić information content (AvgIpc) is 2.43. The second kappa shape index (κ2) is 7.14. The third-order valence-electron chi connectivity index (χ3n) is 2.78. The number of aliphatic hydroxyl groups excluding tert-OH is 1. The van der Waals surface area contributed by atoms with Crippen LogP contribution in [0.25, 0.3) is 0 Å². The van der Waals surface area contributed by atoms with Gasteiger partial charge in [0.05, 0.1) is 18.3 Å². The summed E-state index contributed by atoms with van der Waals surface area (Å²) in [6.45, 7) is 0.645. The van der Waals surface area contributed by atoms with Gasteiger partial charge in [-0.3, -0.25) is 4.98 Å².